The molecule has 0 aliphatic carbocycles. The molecule has 0 spiro atoms. The first-order chi connectivity index (χ1) is 10.5. The minimum absolute atomic E-state index is 0.0248. The number of anilines is 1. The van der Waals surface area contributed by atoms with Crippen molar-refractivity contribution in [2.75, 3.05) is 18.5 Å². The molecule has 22 heavy (non-hydrogen) atoms. The Labute approximate surface area is 125 Å². The van der Waals surface area contributed by atoms with Crippen molar-refractivity contribution in [2.24, 2.45) is 7.05 Å². The van der Waals surface area contributed by atoms with Gasteiger partial charge in [0.05, 0.1) is 17.0 Å². The zero-order valence-electron chi connectivity index (χ0n) is 12.2. The maximum absolute atomic E-state index is 12.2. The van der Waals surface area contributed by atoms with Crippen LogP contribution in [0.1, 0.15) is 6.92 Å². The summed E-state index contributed by atoms with van der Waals surface area (Å²) in [6.07, 6.45) is 0. The van der Waals surface area contributed by atoms with Gasteiger partial charge in [-0.15, -0.1) is 0 Å². The number of fused-ring (bicyclic) bond motifs is 1. The number of para-hydroxylation sites is 1. The zero-order chi connectivity index (χ0) is 16.3. The molecule has 2 rings (SSSR count). The fraction of sp³-hybridized carbons (Fsp3) is 0.286. The van der Waals surface area contributed by atoms with Gasteiger partial charge in [0.25, 0.3) is 0 Å². The van der Waals surface area contributed by atoms with Crippen LogP contribution in [-0.2, 0) is 16.6 Å². The molecule has 2 aromatic rings. The maximum Gasteiger partial charge on any atom is 0.357 e. The molecule has 0 saturated carbocycles. The maximum atomic E-state index is 12.2. The van der Waals surface area contributed by atoms with Gasteiger partial charge in [-0.1, -0.05) is 18.2 Å². The molecule has 1 heterocycles. The summed E-state index contributed by atoms with van der Waals surface area (Å²) >= 11 is 0. The Morgan fingerprint density at radius 1 is 1.41 bits per heavy atom. The Hall–Kier alpha value is -2.90. The van der Waals surface area contributed by atoms with E-state index in [1.807, 2.05) is 0 Å². The second kappa shape index (κ2) is 6.25. The number of nitrogens with one attached hydrogen (secondary N) is 1. The zero-order valence-corrected chi connectivity index (χ0v) is 12.2. The number of rotatable bonds is 5. The number of ether oxygens (including phenoxy) is 1. The second-order valence-corrected chi connectivity index (χ2v) is 4.52. The van der Waals surface area contributed by atoms with E-state index in [0.717, 1.165) is 0 Å². The molecule has 8 heteroatoms. The van der Waals surface area contributed by atoms with E-state index in [2.05, 4.69) is 5.32 Å². The molecule has 1 aromatic heterocycles. The average Bonchev–Trinajstić information content (AvgIpc) is 2.49. The van der Waals surface area contributed by atoms with Crippen molar-refractivity contribution in [3.8, 4) is 0 Å². The summed E-state index contributed by atoms with van der Waals surface area (Å²) in [5.41, 5.74) is -0.776. The van der Waals surface area contributed by atoms with Gasteiger partial charge in [-0.25, -0.2) is 0 Å². The van der Waals surface area contributed by atoms with Crippen LogP contribution >= 0.6 is 0 Å². The van der Waals surface area contributed by atoms with Crippen molar-refractivity contribution in [1.29, 1.82) is 0 Å². The number of nitrogens with zero attached hydrogens (tertiary/aromatic N) is 2. The van der Waals surface area contributed by atoms with Crippen LogP contribution in [0.25, 0.3) is 10.9 Å². The van der Waals surface area contributed by atoms with Crippen molar-refractivity contribution in [1.82, 2.24) is 4.57 Å². The minimum atomic E-state index is -0.748. The molecule has 0 saturated heterocycles. The minimum Gasteiger partial charge on any atom is -0.465 e. The van der Waals surface area contributed by atoms with Gasteiger partial charge < -0.3 is 14.6 Å². The molecule has 0 unspecified atom stereocenters. The predicted molar refractivity (Wildman–Crippen MR) is 81.0 cm³/mol. The van der Waals surface area contributed by atoms with E-state index in [1.165, 1.54) is 11.6 Å². The highest BCUT2D eigenvalue weighted by molar-refractivity contribution is 5.97. The third-order valence-corrected chi connectivity index (χ3v) is 3.18. The van der Waals surface area contributed by atoms with Crippen molar-refractivity contribution in [2.45, 2.75) is 6.92 Å². The summed E-state index contributed by atoms with van der Waals surface area (Å²) in [5.74, 6) is -0.554. The Morgan fingerprint density at radius 2 is 2.09 bits per heavy atom. The molecule has 0 radical (unpaired) electrons. The molecular weight excluding hydrogens is 290 g/mol. The van der Waals surface area contributed by atoms with Crippen LogP contribution in [0, 0.1) is 10.1 Å². The van der Waals surface area contributed by atoms with Crippen LogP contribution < -0.4 is 10.9 Å². The number of esters is 1. The summed E-state index contributed by atoms with van der Waals surface area (Å²) in [6, 6.07) is 6.75. The number of aryl methyl sites for hydroxylation is 1. The third kappa shape index (κ3) is 2.76. The number of hydrogen-bond donors (Lipinski definition) is 1. The van der Waals surface area contributed by atoms with Gasteiger partial charge in [0.15, 0.2) is 0 Å². The molecule has 0 aliphatic rings. The molecule has 0 aliphatic heterocycles. The Bertz CT molecular complexity index is 797. The number of benzene rings is 1. The van der Waals surface area contributed by atoms with Crippen LogP contribution in [0.4, 0.5) is 11.4 Å². The number of carbonyl (C=O) groups is 1. The molecule has 1 N–H and O–H groups in total. The third-order valence-electron chi connectivity index (χ3n) is 3.18. The first kappa shape index (κ1) is 15.5. The largest absolute Gasteiger partial charge is 0.465 e. The summed E-state index contributed by atoms with van der Waals surface area (Å²) in [7, 11) is 1.47. The molecule has 116 valence electrons. The average molecular weight is 305 g/mol. The molecule has 0 amide bonds. The smallest absolute Gasteiger partial charge is 0.357 e. The van der Waals surface area contributed by atoms with Crippen LogP contribution in [0.3, 0.4) is 0 Å². The Morgan fingerprint density at radius 3 is 2.73 bits per heavy atom. The van der Waals surface area contributed by atoms with E-state index in [-0.39, 0.29) is 18.8 Å². The van der Waals surface area contributed by atoms with Gasteiger partial charge in [-0.2, -0.15) is 0 Å². The molecule has 0 atom stereocenters. The van der Waals surface area contributed by atoms with Crippen molar-refractivity contribution in [3.63, 3.8) is 0 Å². The summed E-state index contributed by atoms with van der Waals surface area (Å²) in [4.78, 5) is 34.1. The molecule has 0 fully saturated rings. The van der Waals surface area contributed by atoms with E-state index >= 15 is 0 Å². The molecule has 8 nitrogen and oxygen atoms in total. The summed E-state index contributed by atoms with van der Waals surface area (Å²) < 4.78 is 5.99. The van der Waals surface area contributed by atoms with Crippen LogP contribution in [0.5, 0.6) is 0 Å². The Kier molecular flexibility index (Phi) is 4.40. The lowest BCUT2D eigenvalue weighted by Gasteiger charge is -2.12. The first-order valence-electron chi connectivity index (χ1n) is 6.63. The SMILES string of the molecule is CCOC(=O)CNc1c([N+](=O)[O-])c(=O)n(C)c2ccccc12. The highest BCUT2D eigenvalue weighted by Crippen LogP contribution is 2.29. The van der Waals surface area contributed by atoms with E-state index in [9.17, 15) is 19.7 Å². The summed E-state index contributed by atoms with van der Waals surface area (Å²) in [5, 5.41) is 14.4. The second-order valence-electron chi connectivity index (χ2n) is 4.52. The van der Waals surface area contributed by atoms with Crippen molar-refractivity contribution >= 4 is 28.2 Å². The molecule has 0 bridgehead atoms. The number of aromatic nitrogens is 1. The fourth-order valence-electron chi connectivity index (χ4n) is 2.20. The van der Waals surface area contributed by atoms with Crippen LogP contribution in [0.2, 0.25) is 0 Å². The lowest BCUT2D eigenvalue weighted by Crippen LogP contribution is -2.24. The van der Waals surface area contributed by atoms with Crippen molar-refractivity contribution < 1.29 is 14.5 Å². The fourth-order valence-corrected chi connectivity index (χ4v) is 2.20. The van der Waals surface area contributed by atoms with Gasteiger partial charge in [-0.3, -0.25) is 19.7 Å². The standard InChI is InChI=1S/C14H15N3O5/c1-3-22-11(18)8-15-12-9-6-4-5-7-10(9)16(2)14(19)13(12)17(20)21/h4-7,15H,3,8H2,1-2H3. The van der Waals surface area contributed by atoms with E-state index in [4.69, 9.17) is 4.74 Å². The molecule has 1 aromatic carbocycles. The van der Waals surface area contributed by atoms with E-state index in [1.54, 1.807) is 31.2 Å². The topological polar surface area (TPSA) is 103 Å². The quantitative estimate of drug-likeness (QED) is 0.509. The highest BCUT2D eigenvalue weighted by atomic mass is 16.6. The van der Waals surface area contributed by atoms with Crippen molar-refractivity contribution in [3.05, 3.63) is 44.7 Å². The van der Waals surface area contributed by atoms with E-state index in [0.29, 0.717) is 10.9 Å². The highest BCUT2D eigenvalue weighted by Gasteiger charge is 2.24. The lowest BCUT2D eigenvalue weighted by atomic mass is 10.1. The number of hydrogen-bond acceptors (Lipinski definition) is 6. The predicted octanol–water partition coefficient (Wildman–Crippen LogP) is 1.42. The monoisotopic (exact) mass is 305 g/mol. The first-order valence-corrected chi connectivity index (χ1v) is 6.63. The Balaban J connectivity index is 2.61. The number of pyridine rings is 1. The molecular formula is C14H15N3O5. The van der Waals surface area contributed by atoms with E-state index < -0.39 is 22.1 Å². The van der Waals surface area contributed by atoms with Gasteiger partial charge in [0.1, 0.15) is 12.2 Å². The van der Waals surface area contributed by atoms with Crippen LogP contribution in [-0.4, -0.2) is 28.6 Å². The number of carbonyl (C=O) groups excluding carboxylic acids is 1. The van der Waals surface area contributed by atoms with Gasteiger partial charge in [0.2, 0.25) is 0 Å². The summed E-state index contributed by atoms with van der Waals surface area (Å²) in [6.45, 7) is 1.61. The van der Waals surface area contributed by atoms with Gasteiger partial charge in [0, 0.05) is 12.4 Å². The lowest BCUT2D eigenvalue weighted by molar-refractivity contribution is -0.385. The number of nitro groups is 1. The van der Waals surface area contributed by atoms with Gasteiger partial charge >= 0.3 is 17.2 Å². The van der Waals surface area contributed by atoms with Gasteiger partial charge in [-0.05, 0) is 13.0 Å². The normalized spacial score (nSPS) is 10.5. The van der Waals surface area contributed by atoms with Crippen LogP contribution in [0.15, 0.2) is 29.1 Å².